The molecule has 0 unspecified atom stereocenters. The molecule has 1 heterocycles. The highest BCUT2D eigenvalue weighted by Gasteiger charge is 2.20. The smallest absolute Gasteiger partial charge is 0.231 e. The molecule has 0 saturated heterocycles. The SMILES string of the molecule is O=C(Cc1ccc(Cl)cc1)N1CCCNc2ccccc21. The van der Waals surface area contributed by atoms with Crippen molar-refractivity contribution >= 4 is 28.9 Å². The average molecular weight is 301 g/mol. The largest absolute Gasteiger partial charge is 0.383 e. The Bertz CT molecular complexity index is 639. The van der Waals surface area contributed by atoms with Crippen LogP contribution in [0.2, 0.25) is 5.02 Å². The standard InChI is InChI=1S/C17H17ClN2O/c18-14-8-6-13(7-9-14)12-17(21)20-11-3-10-19-15-4-1-2-5-16(15)20/h1-2,4-9,19H,3,10-12H2. The molecule has 0 saturated carbocycles. The van der Waals surface area contributed by atoms with Crippen LogP contribution in [0.5, 0.6) is 0 Å². The summed E-state index contributed by atoms with van der Waals surface area (Å²) >= 11 is 5.88. The number of fused-ring (bicyclic) bond motifs is 1. The molecule has 0 radical (unpaired) electrons. The van der Waals surface area contributed by atoms with E-state index in [1.807, 2.05) is 53.4 Å². The zero-order valence-corrected chi connectivity index (χ0v) is 12.4. The lowest BCUT2D eigenvalue weighted by Crippen LogP contribution is -2.32. The summed E-state index contributed by atoms with van der Waals surface area (Å²) in [5, 5.41) is 4.06. The van der Waals surface area contributed by atoms with Gasteiger partial charge in [0.1, 0.15) is 0 Å². The molecule has 0 bridgehead atoms. The maximum atomic E-state index is 12.6. The van der Waals surface area contributed by atoms with E-state index in [9.17, 15) is 4.79 Å². The first-order chi connectivity index (χ1) is 10.2. The Kier molecular flexibility index (Phi) is 4.11. The summed E-state index contributed by atoms with van der Waals surface area (Å²) in [4.78, 5) is 14.5. The summed E-state index contributed by atoms with van der Waals surface area (Å²) in [6.45, 7) is 1.64. The van der Waals surface area contributed by atoms with E-state index >= 15 is 0 Å². The fourth-order valence-electron chi connectivity index (χ4n) is 2.57. The number of nitrogens with zero attached hydrogens (tertiary/aromatic N) is 1. The van der Waals surface area contributed by atoms with Crippen LogP contribution in [0.25, 0.3) is 0 Å². The van der Waals surface area contributed by atoms with Crippen molar-refractivity contribution in [2.75, 3.05) is 23.3 Å². The normalized spacial score (nSPS) is 14.0. The molecular weight excluding hydrogens is 284 g/mol. The second-order valence-corrected chi connectivity index (χ2v) is 5.58. The van der Waals surface area contributed by atoms with Gasteiger partial charge in [0.25, 0.3) is 0 Å². The highest BCUT2D eigenvalue weighted by molar-refractivity contribution is 6.30. The molecule has 0 aliphatic carbocycles. The molecule has 1 aliphatic heterocycles. The molecular formula is C17H17ClN2O. The minimum Gasteiger partial charge on any atom is -0.383 e. The first-order valence-corrected chi connectivity index (χ1v) is 7.49. The van der Waals surface area contributed by atoms with Gasteiger partial charge in [0.2, 0.25) is 5.91 Å². The summed E-state index contributed by atoms with van der Waals surface area (Å²) < 4.78 is 0. The monoisotopic (exact) mass is 300 g/mol. The Labute approximate surface area is 129 Å². The number of para-hydroxylation sites is 2. The van der Waals surface area contributed by atoms with Gasteiger partial charge in [0.15, 0.2) is 0 Å². The number of hydrogen-bond donors (Lipinski definition) is 1. The third kappa shape index (κ3) is 3.19. The van der Waals surface area contributed by atoms with Crippen LogP contribution in [-0.4, -0.2) is 19.0 Å². The van der Waals surface area contributed by atoms with Crippen molar-refractivity contribution in [3.8, 4) is 0 Å². The van der Waals surface area contributed by atoms with Gasteiger partial charge in [-0.2, -0.15) is 0 Å². The molecule has 0 spiro atoms. The average Bonchev–Trinajstić information content (AvgIpc) is 2.72. The number of benzene rings is 2. The molecule has 0 aromatic heterocycles. The number of halogens is 1. The van der Waals surface area contributed by atoms with Crippen molar-refractivity contribution in [1.82, 2.24) is 0 Å². The Morgan fingerprint density at radius 2 is 1.90 bits per heavy atom. The number of nitrogens with one attached hydrogen (secondary N) is 1. The van der Waals surface area contributed by atoms with Gasteiger partial charge in [0, 0.05) is 18.1 Å². The second kappa shape index (κ2) is 6.19. The number of hydrogen-bond acceptors (Lipinski definition) is 2. The number of anilines is 2. The topological polar surface area (TPSA) is 32.3 Å². The van der Waals surface area contributed by atoms with Crippen molar-refractivity contribution in [3.05, 3.63) is 59.1 Å². The predicted octanol–water partition coefficient (Wildman–Crippen LogP) is 3.73. The van der Waals surface area contributed by atoms with Gasteiger partial charge in [0.05, 0.1) is 17.8 Å². The van der Waals surface area contributed by atoms with Crippen molar-refractivity contribution < 1.29 is 4.79 Å². The van der Waals surface area contributed by atoms with Crippen LogP contribution in [0, 0.1) is 0 Å². The van der Waals surface area contributed by atoms with E-state index in [1.54, 1.807) is 0 Å². The zero-order valence-electron chi connectivity index (χ0n) is 11.7. The molecule has 1 aliphatic rings. The summed E-state index contributed by atoms with van der Waals surface area (Å²) in [6.07, 6.45) is 1.34. The van der Waals surface area contributed by atoms with Crippen LogP contribution >= 0.6 is 11.6 Å². The molecule has 3 rings (SSSR count). The number of carbonyl (C=O) groups is 1. The van der Waals surface area contributed by atoms with Gasteiger partial charge in [-0.15, -0.1) is 0 Å². The maximum Gasteiger partial charge on any atom is 0.231 e. The summed E-state index contributed by atoms with van der Waals surface area (Å²) in [5.41, 5.74) is 2.98. The Morgan fingerprint density at radius 3 is 2.71 bits per heavy atom. The molecule has 0 fully saturated rings. The molecule has 0 atom stereocenters. The van der Waals surface area contributed by atoms with Gasteiger partial charge >= 0.3 is 0 Å². The minimum atomic E-state index is 0.119. The summed E-state index contributed by atoms with van der Waals surface area (Å²) in [6, 6.07) is 15.4. The first kappa shape index (κ1) is 14.0. The highest BCUT2D eigenvalue weighted by Crippen LogP contribution is 2.28. The van der Waals surface area contributed by atoms with E-state index in [0.29, 0.717) is 11.4 Å². The second-order valence-electron chi connectivity index (χ2n) is 5.15. The molecule has 3 nitrogen and oxygen atoms in total. The third-order valence-electron chi connectivity index (χ3n) is 3.64. The first-order valence-electron chi connectivity index (χ1n) is 7.12. The van der Waals surface area contributed by atoms with E-state index in [0.717, 1.165) is 36.4 Å². The van der Waals surface area contributed by atoms with Crippen molar-refractivity contribution in [3.63, 3.8) is 0 Å². The van der Waals surface area contributed by atoms with E-state index in [-0.39, 0.29) is 5.91 Å². The molecule has 1 amide bonds. The number of rotatable bonds is 2. The minimum absolute atomic E-state index is 0.119. The molecule has 108 valence electrons. The molecule has 2 aromatic carbocycles. The van der Waals surface area contributed by atoms with Crippen molar-refractivity contribution in [2.24, 2.45) is 0 Å². The van der Waals surface area contributed by atoms with Crippen LogP contribution in [-0.2, 0) is 11.2 Å². The Hall–Kier alpha value is -2.00. The Balaban J connectivity index is 1.82. The zero-order chi connectivity index (χ0) is 14.7. The van der Waals surface area contributed by atoms with Crippen LogP contribution in [0.1, 0.15) is 12.0 Å². The van der Waals surface area contributed by atoms with Crippen molar-refractivity contribution in [1.29, 1.82) is 0 Å². The quantitative estimate of drug-likeness (QED) is 0.916. The lowest BCUT2D eigenvalue weighted by Gasteiger charge is -2.22. The van der Waals surface area contributed by atoms with Crippen LogP contribution < -0.4 is 10.2 Å². The highest BCUT2D eigenvalue weighted by atomic mass is 35.5. The van der Waals surface area contributed by atoms with Gasteiger partial charge in [-0.3, -0.25) is 4.79 Å². The fourth-order valence-corrected chi connectivity index (χ4v) is 2.70. The lowest BCUT2D eigenvalue weighted by atomic mass is 10.1. The third-order valence-corrected chi connectivity index (χ3v) is 3.89. The van der Waals surface area contributed by atoms with Crippen LogP contribution in [0.3, 0.4) is 0 Å². The van der Waals surface area contributed by atoms with Gasteiger partial charge in [-0.1, -0.05) is 35.9 Å². The van der Waals surface area contributed by atoms with E-state index < -0.39 is 0 Å². The van der Waals surface area contributed by atoms with Crippen LogP contribution in [0.15, 0.2) is 48.5 Å². The summed E-state index contributed by atoms with van der Waals surface area (Å²) in [5.74, 6) is 0.119. The maximum absolute atomic E-state index is 12.6. The fraction of sp³-hybridized carbons (Fsp3) is 0.235. The van der Waals surface area contributed by atoms with Crippen molar-refractivity contribution in [2.45, 2.75) is 12.8 Å². The predicted molar refractivity (Wildman–Crippen MR) is 87.1 cm³/mol. The molecule has 4 heteroatoms. The van der Waals surface area contributed by atoms with Gasteiger partial charge < -0.3 is 10.2 Å². The van der Waals surface area contributed by atoms with Gasteiger partial charge in [-0.25, -0.2) is 0 Å². The van der Waals surface area contributed by atoms with Crippen LogP contribution in [0.4, 0.5) is 11.4 Å². The number of amides is 1. The van der Waals surface area contributed by atoms with Gasteiger partial charge in [-0.05, 0) is 36.2 Å². The Morgan fingerprint density at radius 1 is 1.14 bits per heavy atom. The van der Waals surface area contributed by atoms with E-state index in [2.05, 4.69) is 5.32 Å². The summed E-state index contributed by atoms with van der Waals surface area (Å²) in [7, 11) is 0. The molecule has 2 aromatic rings. The molecule has 1 N–H and O–H groups in total. The van der Waals surface area contributed by atoms with E-state index in [1.165, 1.54) is 0 Å². The molecule has 21 heavy (non-hydrogen) atoms. The number of carbonyl (C=O) groups excluding carboxylic acids is 1. The lowest BCUT2D eigenvalue weighted by molar-refractivity contribution is -0.118. The van der Waals surface area contributed by atoms with E-state index in [4.69, 9.17) is 11.6 Å².